The summed E-state index contributed by atoms with van der Waals surface area (Å²) in [6.07, 6.45) is -0.902. The number of aliphatic hydroxyl groups is 1. The Labute approximate surface area is 112 Å². The summed E-state index contributed by atoms with van der Waals surface area (Å²) in [6.45, 7) is 0. The van der Waals surface area contributed by atoms with Gasteiger partial charge in [0.1, 0.15) is 0 Å². The van der Waals surface area contributed by atoms with Crippen molar-refractivity contribution in [3.8, 4) is 0 Å². The van der Waals surface area contributed by atoms with Gasteiger partial charge in [0.25, 0.3) is 0 Å². The summed E-state index contributed by atoms with van der Waals surface area (Å²) >= 11 is 0. The van der Waals surface area contributed by atoms with Gasteiger partial charge in [-0.25, -0.2) is 4.79 Å². The van der Waals surface area contributed by atoms with E-state index in [1.807, 2.05) is 60.7 Å². The average molecular weight is 256 g/mol. The topological polar surface area (TPSA) is 57.5 Å². The zero-order valence-corrected chi connectivity index (χ0v) is 10.4. The Kier molecular flexibility index (Phi) is 4.31. The number of carbonyl (C=O) groups is 1. The second kappa shape index (κ2) is 6.16. The molecule has 0 aliphatic rings. The van der Waals surface area contributed by atoms with Crippen molar-refractivity contribution >= 4 is 5.97 Å². The molecule has 2 atom stereocenters. The quantitative estimate of drug-likeness (QED) is 0.864. The number of carboxylic acid groups (broad SMARTS) is 1. The summed E-state index contributed by atoms with van der Waals surface area (Å²) in [4.78, 5) is 11.1. The van der Waals surface area contributed by atoms with E-state index in [-0.39, 0.29) is 0 Å². The molecule has 0 spiro atoms. The molecule has 0 saturated heterocycles. The van der Waals surface area contributed by atoms with Crippen molar-refractivity contribution in [1.29, 1.82) is 0 Å². The third-order valence-electron chi connectivity index (χ3n) is 3.16. The molecule has 2 rings (SSSR count). The first-order valence-corrected chi connectivity index (χ1v) is 6.18. The van der Waals surface area contributed by atoms with Gasteiger partial charge in [-0.3, -0.25) is 0 Å². The summed E-state index contributed by atoms with van der Waals surface area (Å²) in [5.74, 6) is -1.63. The van der Waals surface area contributed by atoms with E-state index in [0.717, 1.165) is 11.1 Å². The maximum Gasteiger partial charge on any atom is 0.333 e. The highest BCUT2D eigenvalue weighted by Crippen LogP contribution is 2.24. The lowest BCUT2D eigenvalue weighted by Crippen LogP contribution is -2.29. The molecule has 2 aromatic carbocycles. The molecule has 98 valence electrons. The van der Waals surface area contributed by atoms with Gasteiger partial charge in [0, 0.05) is 5.92 Å². The fourth-order valence-corrected chi connectivity index (χ4v) is 2.15. The Bertz CT molecular complexity index is 522. The Morgan fingerprint density at radius 2 is 1.47 bits per heavy atom. The first-order chi connectivity index (χ1) is 9.18. The monoisotopic (exact) mass is 256 g/mol. The van der Waals surface area contributed by atoms with Crippen LogP contribution in [-0.2, 0) is 11.2 Å². The third-order valence-corrected chi connectivity index (χ3v) is 3.16. The molecule has 2 aromatic rings. The Morgan fingerprint density at radius 1 is 0.947 bits per heavy atom. The second-order valence-corrected chi connectivity index (χ2v) is 4.49. The minimum Gasteiger partial charge on any atom is -0.479 e. The van der Waals surface area contributed by atoms with Crippen LogP contribution in [0.2, 0.25) is 0 Å². The van der Waals surface area contributed by atoms with E-state index in [4.69, 9.17) is 5.11 Å². The van der Waals surface area contributed by atoms with Crippen molar-refractivity contribution in [1.82, 2.24) is 0 Å². The Morgan fingerprint density at radius 3 is 2.00 bits per heavy atom. The van der Waals surface area contributed by atoms with Crippen molar-refractivity contribution in [2.24, 2.45) is 0 Å². The van der Waals surface area contributed by atoms with Crippen LogP contribution in [0.3, 0.4) is 0 Å². The summed E-state index contributed by atoms with van der Waals surface area (Å²) in [5.41, 5.74) is 1.85. The van der Waals surface area contributed by atoms with Crippen LogP contribution in [0.1, 0.15) is 17.0 Å². The van der Waals surface area contributed by atoms with Crippen LogP contribution >= 0.6 is 0 Å². The zero-order valence-electron chi connectivity index (χ0n) is 10.4. The molecule has 0 heterocycles. The number of aliphatic hydroxyl groups excluding tert-OH is 1. The van der Waals surface area contributed by atoms with Gasteiger partial charge >= 0.3 is 5.97 Å². The van der Waals surface area contributed by atoms with Gasteiger partial charge in [0.2, 0.25) is 0 Å². The van der Waals surface area contributed by atoms with Crippen molar-refractivity contribution in [2.75, 3.05) is 0 Å². The molecule has 2 N–H and O–H groups in total. The molecular formula is C16H16O3. The van der Waals surface area contributed by atoms with Gasteiger partial charge in [0.05, 0.1) is 0 Å². The SMILES string of the molecule is O=C(O)C(O)C(Cc1ccccc1)c1ccccc1. The summed E-state index contributed by atoms with van der Waals surface area (Å²) in [5, 5.41) is 18.9. The molecule has 0 radical (unpaired) electrons. The standard InChI is InChI=1S/C16H16O3/c17-15(16(18)19)14(13-9-5-2-6-10-13)11-12-7-3-1-4-8-12/h1-10,14-15,17H,11H2,(H,18,19). The van der Waals surface area contributed by atoms with E-state index in [9.17, 15) is 9.90 Å². The lowest BCUT2D eigenvalue weighted by molar-refractivity contribution is -0.147. The Balaban J connectivity index is 2.27. The van der Waals surface area contributed by atoms with Crippen molar-refractivity contribution < 1.29 is 15.0 Å². The van der Waals surface area contributed by atoms with E-state index in [2.05, 4.69) is 0 Å². The number of hydrogen-bond acceptors (Lipinski definition) is 2. The van der Waals surface area contributed by atoms with Crippen LogP contribution in [0.25, 0.3) is 0 Å². The van der Waals surface area contributed by atoms with E-state index in [0.29, 0.717) is 6.42 Å². The first-order valence-electron chi connectivity index (χ1n) is 6.18. The van der Waals surface area contributed by atoms with Crippen LogP contribution in [0.5, 0.6) is 0 Å². The smallest absolute Gasteiger partial charge is 0.333 e. The van der Waals surface area contributed by atoms with Crippen LogP contribution < -0.4 is 0 Å². The van der Waals surface area contributed by atoms with Crippen LogP contribution in [0.15, 0.2) is 60.7 Å². The van der Waals surface area contributed by atoms with Crippen LogP contribution in [0, 0.1) is 0 Å². The molecule has 0 aromatic heterocycles. The molecule has 0 amide bonds. The molecule has 3 heteroatoms. The van der Waals surface area contributed by atoms with Gasteiger partial charge in [-0.05, 0) is 17.5 Å². The predicted octanol–water partition coefficient (Wildman–Crippen LogP) is 2.46. The average Bonchev–Trinajstić information content (AvgIpc) is 2.46. The number of benzene rings is 2. The van der Waals surface area contributed by atoms with Gasteiger partial charge < -0.3 is 10.2 Å². The highest BCUT2D eigenvalue weighted by Gasteiger charge is 2.27. The molecular weight excluding hydrogens is 240 g/mol. The maximum absolute atomic E-state index is 11.1. The first kappa shape index (κ1) is 13.3. The largest absolute Gasteiger partial charge is 0.479 e. The number of hydrogen-bond donors (Lipinski definition) is 2. The summed E-state index contributed by atoms with van der Waals surface area (Å²) in [6, 6.07) is 18.9. The van der Waals surface area contributed by atoms with Gasteiger partial charge in [-0.1, -0.05) is 60.7 Å². The highest BCUT2D eigenvalue weighted by molar-refractivity contribution is 5.73. The van der Waals surface area contributed by atoms with Gasteiger partial charge in [-0.2, -0.15) is 0 Å². The molecule has 2 unspecified atom stereocenters. The van der Waals surface area contributed by atoms with Crippen molar-refractivity contribution in [3.05, 3.63) is 71.8 Å². The number of aliphatic carboxylic acids is 1. The minimum atomic E-state index is -1.40. The second-order valence-electron chi connectivity index (χ2n) is 4.49. The van der Waals surface area contributed by atoms with E-state index >= 15 is 0 Å². The molecule has 0 fully saturated rings. The molecule has 3 nitrogen and oxygen atoms in total. The number of rotatable bonds is 5. The minimum absolute atomic E-state index is 0.443. The van der Waals surface area contributed by atoms with Crippen molar-refractivity contribution in [2.45, 2.75) is 18.4 Å². The normalized spacial score (nSPS) is 13.7. The van der Waals surface area contributed by atoms with Crippen LogP contribution in [-0.4, -0.2) is 22.3 Å². The fraction of sp³-hybridized carbons (Fsp3) is 0.188. The third kappa shape index (κ3) is 3.42. The van der Waals surface area contributed by atoms with Gasteiger partial charge in [-0.15, -0.1) is 0 Å². The predicted molar refractivity (Wildman–Crippen MR) is 73.0 cm³/mol. The van der Waals surface area contributed by atoms with Crippen molar-refractivity contribution in [3.63, 3.8) is 0 Å². The van der Waals surface area contributed by atoms with Gasteiger partial charge in [0.15, 0.2) is 6.10 Å². The summed E-state index contributed by atoms with van der Waals surface area (Å²) < 4.78 is 0. The van der Waals surface area contributed by atoms with E-state index in [1.165, 1.54) is 0 Å². The number of carboxylic acids is 1. The Hall–Kier alpha value is -2.13. The molecule has 0 aliphatic carbocycles. The molecule has 0 bridgehead atoms. The zero-order chi connectivity index (χ0) is 13.7. The van der Waals surface area contributed by atoms with E-state index in [1.54, 1.807) is 0 Å². The lowest BCUT2D eigenvalue weighted by atomic mass is 9.87. The lowest BCUT2D eigenvalue weighted by Gasteiger charge is -2.20. The maximum atomic E-state index is 11.1. The molecule has 0 aliphatic heterocycles. The van der Waals surface area contributed by atoms with E-state index < -0.39 is 18.0 Å². The summed E-state index contributed by atoms with van der Waals surface area (Å²) in [7, 11) is 0. The van der Waals surface area contributed by atoms with Crippen LogP contribution in [0.4, 0.5) is 0 Å². The molecule has 19 heavy (non-hydrogen) atoms. The highest BCUT2D eigenvalue weighted by atomic mass is 16.4. The fourth-order valence-electron chi connectivity index (χ4n) is 2.15. The molecule has 0 saturated carbocycles.